The Kier molecular flexibility index (Phi) is 5.96. The van der Waals surface area contributed by atoms with Crippen molar-refractivity contribution >= 4 is 39.6 Å². The number of nitriles is 1. The molecule has 0 saturated carbocycles. The first-order valence-electron chi connectivity index (χ1n) is 8.51. The number of hydrogen-bond donors (Lipinski definition) is 2. The first-order valence-corrected chi connectivity index (χ1v) is 9.30. The second-order valence-corrected chi connectivity index (χ2v) is 7.04. The molecule has 1 amide bonds. The minimum Gasteiger partial charge on any atom is -0.478 e. The van der Waals surface area contributed by atoms with Crippen LogP contribution < -0.4 is 5.32 Å². The lowest BCUT2D eigenvalue weighted by Gasteiger charge is -2.06. The molecular weight excluding hydrogens is 436 g/mol. The third kappa shape index (κ3) is 4.62. The molecule has 7 heteroatoms. The van der Waals surface area contributed by atoms with E-state index < -0.39 is 11.9 Å². The van der Waals surface area contributed by atoms with Crippen molar-refractivity contribution < 1.29 is 19.1 Å². The zero-order valence-corrected chi connectivity index (χ0v) is 16.9. The number of hydrogen-bond acceptors (Lipinski definition) is 4. The van der Waals surface area contributed by atoms with E-state index in [9.17, 15) is 20.0 Å². The van der Waals surface area contributed by atoms with Crippen LogP contribution in [-0.2, 0) is 4.79 Å². The van der Waals surface area contributed by atoms with Gasteiger partial charge in [-0.2, -0.15) is 5.26 Å². The van der Waals surface area contributed by atoms with E-state index in [2.05, 4.69) is 21.2 Å². The van der Waals surface area contributed by atoms with E-state index in [1.165, 1.54) is 12.1 Å². The van der Waals surface area contributed by atoms with Gasteiger partial charge in [-0.1, -0.05) is 34.1 Å². The topological polar surface area (TPSA) is 103 Å². The van der Waals surface area contributed by atoms with Crippen LogP contribution in [0.5, 0.6) is 0 Å². The third-order valence-corrected chi connectivity index (χ3v) is 4.68. The summed E-state index contributed by atoms with van der Waals surface area (Å²) in [6, 6.07) is 17.1. The molecule has 1 aromatic heterocycles. The lowest BCUT2D eigenvalue weighted by atomic mass is 10.0. The Labute approximate surface area is 175 Å². The number of nitrogens with one attached hydrogen (secondary N) is 1. The van der Waals surface area contributed by atoms with Gasteiger partial charge < -0.3 is 14.8 Å². The molecule has 0 spiro atoms. The highest BCUT2D eigenvalue weighted by Gasteiger charge is 2.15. The van der Waals surface area contributed by atoms with E-state index >= 15 is 0 Å². The predicted octanol–water partition coefficient (Wildman–Crippen LogP) is 5.26. The fraction of sp³-hybridized carbons (Fsp3) is 0.0455. The Hall–Kier alpha value is -3.63. The molecule has 0 aliphatic rings. The van der Waals surface area contributed by atoms with Crippen LogP contribution in [0, 0.1) is 18.3 Å². The highest BCUT2D eigenvalue weighted by molar-refractivity contribution is 9.10. The quantitative estimate of drug-likeness (QED) is 0.407. The summed E-state index contributed by atoms with van der Waals surface area (Å²) in [7, 11) is 0. The number of aromatic carboxylic acids is 1. The van der Waals surface area contributed by atoms with Crippen LogP contribution in [0.15, 0.2) is 69.1 Å². The molecule has 0 atom stereocenters. The smallest absolute Gasteiger partial charge is 0.335 e. The van der Waals surface area contributed by atoms with Gasteiger partial charge in [-0.25, -0.2) is 4.79 Å². The van der Waals surface area contributed by atoms with Gasteiger partial charge in [0.1, 0.15) is 23.2 Å². The number of carboxylic acid groups (broad SMARTS) is 1. The summed E-state index contributed by atoms with van der Waals surface area (Å²) < 4.78 is 6.53. The van der Waals surface area contributed by atoms with Crippen molar-refractivity contribution in [3.05, 3.63) is 81.5 Å². The van der Waals surface area contributed by atoms with Gasteiger partial charge in [0.15, 0.2) is 0 Å². The number of carbonyl (C=O) groups is 2. The van der Waals surface area contributed by atoms with Crippen molar-refractivity contribution in [2.24, 2.45) is 0 Å². The minimum absolute atomic E-state index is 0.123. The highest BCUT2D eigenvalue weighted by Crippen LogP contribution is 2.28. The molecule has 0 aliphatic heterocycles. The summed E-state index contributed by atoms with van der Waals surface area (Å²) in [5, 5.41) is 21.3. The van der Waals surface area contributed by atoms with Gasteiger partial charge in [0.25, 0.3) is 5.91 Å². The molecule has 0 saturated heterocycles. The number of anilines is 1. The summed E-state index contributed by atoms with van der Waals surface area (Å²) in [6.45, 7) is 1.70. The zero-order valence-electron chi connectivity index (χ0n) is 15.3. The van der Waals surface area contributed by atoms with Crippen LogP contribution in [0.3, 0.4) is 0 Å². The molecule has 144 valence electrons. The van der Waals surface area contributed by atoms with Crippen molar-refractivity contribution in [2.45, 2.75) is 6.92 Å². The largest absolute Gasteiger partial charge is 0.478 e. The molecule has 0 radical (unpaired) electrons. The number of amides is 1. The first kappa shape index (κ1) is 20.1. The molecule has 29 heavy (non-hydrogen) atoms. The van der Waals surface area contributed by atoms with Gasteiger partial charge in [-0.3, -0.25) is 4.79 Å². The van der Waals surface area contributed by atoms with Crippen LogP contribution in [-0.4, -0.2) is 17.0 Å². The molecule has 6 nitrogen and oxygen atoms in total. The molecule has 2 N–H and O–H groups in total. The number of furan rings is 1. The second kappa shape index (κ2) is 8.59. The predicted molar refractivity (Wildman–Crippen MR) is 112 cm³/mol. The van der Waals surface area contributed by atoms with Crippen molar-refractivity contribution in [1.82, 2.24) is 0 Å². The maximum atomic E-state index is 12.4. The Bertz CT molecular complexity index is 1170. The number of carboxylic acids is 1. The molecule has 0 aliphatic carbocycles. The van der Waals surface area contributed by atoms with Gasteiger partial charge in [0, 0.05) is 21.8 Å². The average Bonchev–Trinajstić information content (AvgIpc) is 3.14. The van der Waals surface area contributed by atoms with E-state index in [1.54, 1.807) is 49.4 Å². The standard InChI is InChI=1S/C22H15BrN2O4/c1-13-18(6-3-7-19(13)22(27)28)20-9-8-17(29-20)10-14(12-24)21(26)25-16-5-2-4-15(23)11-16/h2-11H,1H3,(H,25,26)(H,27,28)/b14-10-. The van der Waals surface area contributed by atoms with Crippen LogP contribution in [0.25, 0.3) is 17.4 Å². The Morgan fingerprint density at radius 3 is 2.62 bits per heavy atom. The summed E-state index contributed by atoms with van der Waals surface area (Å²) in [5.74, 6) is -0.831. The van der Waals surface area contributed by atoms with Gasteiger partial charge in [0.2, 0.25) is 0 Å². The van der Waals surface area contributed by atoms with Gasteiger partial charge in [-0.05, 0) is 48.9 Å². The summed E-state index contributed by atoms with van der Waals surface area (Å²) >= 11 is 3.32. The Morgan fingerprint density at radius 2 is 1.93 bits per heavy atom. The molecule has 0 fully saturated rings. The van der Waals surface area contributed by atoms with Crippen LogP contribution in [0.1, 0.15) is 21.7 Å². The van der Waals surface area contributed by atoms with Crippen molar-refractivity contribution in [3.8, 4) is 17.4 Å². The van der Waals surface area contributed by atoms with Crippen molar-refractivity contribution in [2.75, 3.05) is 5.32 Å². The molecule has 0 bridgehead atoms. The summed E-state index contributed by atoms with van der Waals surface area (Å²) in [6.07, 6.45) is 1.34. The van der Waals surface area contributed by atoms with Crippen LogP contribution in [0.4, 0.5) is 5.69 Å². The molecule has 3 rings (SSSR count). The molecule has 3 aromatic rings. The molecule has 1 heterocycles. The fourth-order valence-electron chi connectivity index (χ4n) is 2.76. The zero-order chi connectivity index (χ0) is 21.0. The Balaban J connectivity index is 1.86. The van der Waals surface area contributed by atoms with E-state index in [4.69, 9.17) is 4.42 Å². The SMILES string of the molecule is Cc1c(C(=O)O)cccc1-c1ccc(/C=C(/C#N)C(=O)Nc2cccc(Br)c2)o1. The molecule has 0 unspecified atom stereocenters. The van der Waals surface area contributed by atoms with Gasteiger partial charge >= 0.3 is 5.97 Å². The molecular formula is C22H15BrN2O4. The average molecular weight is 451 g/mol. The third-order valence-electron chi connectivity index (χ3n) is 4.19. The monoisotopic (exact) mass is 450 g/mol. The van der Waals surface area contributed by atoms with E-state index in [0.29, 0.717) is 28.3 Å². The van der Waals surface area contributed by atoms with Crippen LogP contribution >= 0.6 is 15.9 Å². The first-order chi connectivity index (χ1) is 13.9. The lowest BCUT2D eigenvalue weighted by molar-refractivity contribution is -0.112. The fourth-order valence-corrected chi connectivity index (χ4v) is 3.16. The molecule has 2 aromatic carbocycles. The number of rotatable bonds is 5. The lowest BCUT2D eigenvalue weighted by Crippen LogP contribution is -2.13. The Morgan fingerprint density at radius 1 is 1.17 bits per heavy atom. The number of nitrogens with zero attached hydrogens (tertiary/aromatic N) is 1. The normalized spacial score (nSPS) is 11.0. The van der Waals surface area contributed by atoms with Crippen molar-refractivity contribution in [3.63, 3.8) is 0 Å². The number of benzene rings is 2. The van der Waals surface area contributed by atoms with Gasteiger partial charge in [0.05, 0.1) is 5.56 Å². The highest BCUT2D eigenvalue weighted by atomic mass is 79.9. The van der Waals surface area contributed by atoms with Crippen LogP contribution in [0.2, 0.25) is 0 Å². The number of carbonyl (C=O) groups excluding carboxylic acids is 1. The van der Waals surface area contributed by atoms with Gasteiger partial charge in [-0.15, -0.1) is 0 Å². The summed E-state index contributed by atoms with van der Waals surface area (Å²) in [5.41, 5.74) is 1.80. The maximum absolute atomic E-state index is 12.4. The van der Waals surface area contributed by atoms with E-state index in [-0.39, 0.29) is 11.1 Å². The van der Waals surface area contributed by atoms with E-state index in [1.807, 2.05) is 12.1 Å². The van der Waals surface area contributed by atoms with Crippen molar-refractivity contribution in [1.29, 1.82) is 5.26 Å². The minimum atomic E-state index is -1.02. The number of halogens is 1. The maximum Gasteiger partial charge on any atom is 0.335 e. The second-order valence-electron chi connectivity index (χ2n) is 6.12. The summed E-state index contributed by atoms with van der Waals surface area (Å²) in [4.78, 5) is 23.7. The van der Waals surface area contributed by atoms with E-state index in [0.717, 1.165) is 4.47 Å².